The molecule has 0 fully saturated rings. The van der Waals surface area contributed by atoms with Gasteiger partial charge in [-0.05, 0) is 23.8 Å². The highest BCUT2D eigenvalue weighted by Gasteiger charge is 2.06. The highest BCUT2D eigenvalue weighted by Crippen LogP contribution is 2.21. The van der Waals surface area contributed by atoms with Crippen molar-refractivity contribution in [3.63, 3.8) is 0 Å². The Morgan fingerprint density at radius 2 is 1.93 bits per heavy atom. The zero-order valence-corrected chi connectivity index (χ0v) is 9.74. The van der Waals surface area contributed by atoms with Gasteiger partial charge in [0.15, 0.2) is 0 Å². The first kappa shape index (κ1) is 12.4. The van der Waals surface area contributed by atoms with Gasteiger partial charge in [-0.2, -0.15) is 0 Å². The number of nitrogens with one attached hydrogen (secondary N) is 1. The molecule has 5 heteroatoms. The number of aromatic hydroxyl groups is 1. The number of aliphatic hydroxyl groups is 2. The number of benzene rings is 1. The number of phenolic OH excluding ortho intramolecular Hbond substituents is 1. The lowest BCUT2D eigenvalue weighted by Gasteiger charge is -2.14. The standard InChI is InChI=1S/C10H14BrNO3/c11-10-2-1-9(15)3-7(10)4-12-8(5-13)6-14/h1-3,8,12-15H,4-6H2. The van der Waals surface area contributed by atoms with Crippen molar-refractivity contribution in [2.75, 3.05) is 13.2 Å². The van der Waals surface area contributed by atoms with Crippen LogP contribution >= 0.6 is 15.9 Å². The van der Waals surface area contributed by atoms with Crippen LogP contribution in [0.5, 0.6) is 5.75 Å². The number of hydrogen-bond donors (Lipinski definition) is 4. The number of halogens is 1. The SMILES string of the molecule is OCC(CO)NCc1cc(O)ccc1Br. The highest BCUT2D eigenvalue weighted by atomic mass is 79.9. The molecule has 4 N–H and O–H groups in total. The van der Waals surface area contributed by atoms with Crippen LogP contribution in [-0.2, 0) is 6.54 Å². The second kappa shape index (κ2) is 6.07. The fourth-order valence-corrected chi connectivity index (χ4v) is 1.52. The van der Waals surface area contributed by atoms with E-state index in [1.807, 2.05) is 0 Å². The normalized spacial score (nSPS) is 10.9. The smallest absolute Gasteiger partial charge is 0.115 e. The molecule has 0 spiro atoms. The Balaban J connectivity index is 2.60. The minimum absolute atomic E-state index is 0.118. The van der Waals surface area contributed by atoms with Crippen LogP contribution in [0.2, 0.25) is 0 Å². The van der Waals surface area contributed by atoms with Gasteiger partial charge in [0.1, 0.15) is 5.75 Å². The van der Waals surface area contributed by atoms with Crippen molar-refractivity contribution in [2.24, 2.45) is 0 Å². The molecule has 0 unspecified atom stereocenters. The van der Waals surface area contributed by atoms with E-state index in [4.69, 9.17) is 10.2 Å². The van der Waals surface area contributed by atoms with Gasteiger partial charge in [0.05, 0.1) is 19.3 Å². The summed E-state index contributed by atoms with van der Waals surface area (Å²) in [7, 11) is 0. The number of phenols is 1. The Hall–Kier alpha value is -0.620. The molecule has 0 atom stereocenters. The highest BCUT2D eigenvalue weighted by molar-refractivity contribution is 9.10. The van der Waals surface area contributed by atoms with Crippen LogP contribution in [-0.4, -0.2) is 34.6 Å². The van der Waals surface area contributed by atoms with Gasteiger partial charge < -0.3 is 20.6 Å². The quantitative estimate of drug-likeness (QED) is 0.635. The molecule has 0 aliphatic heterocycles. The van der Waals surface area contributed by atoms with Crippen molar-refractivity contribution >= 4 is 15.9 Å². The van der Waals surface area contributed by atoms with E-state index in [0.717, 1.165) is 10.0 Å². The van der Waals surface area contributed by atoms with Gasteiger partial charge in [0.2, 0.25) is 0 Å². The van der Waals surface area contributed by atoms with E-state index >= 15 is 0 Å². The lowest BCUT2D eigenvalue weighted by molar-refractivity contribution is 0.170. The van der Waals surface area contributed by atoms with Gasteiger partial charge in [-0.25, -0.2) is 0 Å². The van der Waals surface area contributed by atoms with Crippen molar-refractivity contribution in [1.29, 1.82) is 0 Å². The molecule has 0 heterocycles. The van der Waals surface area contributed by atoms with Crippen molar-refractivity contribution < 1.29 is 15.3 Å². The lowest BCUT2D eigenvalue weighted by atomic mass is 10.2. The predicted octanol–water partition coefficient (Wildman–Crippen LogP) is 0.597. The Labute approximate surface area is 96.7 Å². The average molecular weight is 276 g/mol. The predicted molar refractivity (Wildman–Crippen MR) is 60.6 cm³/mol. The molecule has 0 amide bonds. The van der Waals surface area contributed by atoms with E-state index in [2.05, 4.69) is 21.2 Å². The molecule has 0 saturated heterocycles. The lowest BCUT2D eigenvalue weighted by Crippen LogP contribution is -2.35. The van der Waals surface area contributed by atoms with E-state index in [1.54, 1.807) is 18.2 Å². The summed E-state index contributed by atoms with van der Waals surface area (Å²) in [5.41, 5.74) is 0.877. The molecule has 4 nitrogen and oxygen atoms in total. The van der Waals surface area contributed by atoms with Crippen LogP contribution in [0.4, 0.5) is 0 Å². The van der Waals surface area contributed by atoms with Crippen molar-refractivity contribution in [3.8, 4) is 5.75 Å². The maximum Gasteiger partial charge on any atom is 0.115 e. The summed E-state index contributed by atoms with van der Waals surface area (Å²) in [6.45, 7) is 0.237. The molecule has 0 aliphatic rings. The van der Waals surface area contributed by atoms with Crippen LogP contribution in [0.15, 0.2) is 22.7 Å². The van der Waals surface area contributed by atoms with Crippen LogP contribution in [0.25, 0.3) is 0 Å². The summed E-state index contributed by atoms with van der Waals surface area (Å²) in [4.78, 5) is 0. The summed E-state index contributed by atoms with van der Waals surface area (Å²) in [5, 5.41) is 29.9. The molecular weight excluding hydrogens is 262 g/mol. The average Bonchev–Trinajstić information content (AvgIpc) is 2.24. The third kappa shape index (κ3) is 3.79. The van der Waals surface area contributed by atoms with E-state index in [0.29, 0.717) is 6.54 Å². The van der Waals surface area contributed by atoms with Gasteiger partial charge in [0.25, 0.3) is 0 Å². The van der Waals surface area contributed by atoms with E-state index in [1.165, 1.54) is 0 Å². The number of hydrogen-bond acceptors (Lipinski definition) is 4. The summed E-state index contributed by atoms with van der Waals surface area (Å²) in [5.74, 6) is 0.194. The van der Waals surface area contributed by atoms with Gasteiger partial charge in [-0.15, -0.1) is 0 Å². The molecule has 0 saturated carbocycles. The molecule has 1 rings (SSSR count). The first-order valence-electron chi connectivity index (χ1n) is 4.60. The molecule has 84 valence electrons. The van der Waals surface area contributed by atoms with Crippen LogP contribution < -0.4 is 5.32 Å². The van der Waals surface area contributed by atoms with Gasteiger partial charge in [0, 0.05) is 11.0 Å². The third-order valence-electron chi connectivity index (χ3n) is 2.05. The molecule has 0 aliphatic carbocycles. The fraction of sp³-hybridized carbons (Fsp3) is 0.400. The van der Waals surface area contributed by atoms with E-state index in [9.17, 15) is 5.11 Å². The summed E-state index contributed by atoms with van der Waals surface area (Å²) in [6, 6.07) is 4.63. The maximum atomic E-state index is 9.27. The minimum atomic E-state index is -0.334. The van der Waals surface area contributed by atoms with Crippen molar-refractivity contribution in [2.45, 2.75) is 12.6 Å². The Kier molecular flexibility index (Phi) is 5.04. The van der Waals surface area contributed by atoms with Crippen molar-refractivity contribution in [1.82, 2.24) is 5.32 Å². The summed E-state index contributed by atoms with van der Waals surface area (Å²) >= 11 is 3.35. The fourth-order valence-electron chi connectivity index (χ4n) is 1.14. The monoisotopic (exact) mass is 275 g/mol. The van der Waals surface area contributed by atoms with Gasteiger partial charge in [-0.3, -0.25) is 0 Å². The molecule has 1 aromatic rings. The Bertz CT molecular complexity index is 316. The largest absolute Gasteiger partial charge is 0.508 e. The Morgan fingerprint density at radius 1 is 1.27 bits per heavy atom. The first-order valence-corrected chi connectivity index (χ1v) is 5.39. The number of rotatable bonds is 5. The van der Waals surface area contributed by atoms with E-state index < -0.39 is 0 Å². The molecule has 0 aromatic heterocycles. The van der Waals surface area contributed by atoms with Gasteiger partial charge in [-0.1, -0.05) is 15.9 Å². The van der Waals surface area contributed by atoms with Gasteiger partial charge >= 0.3 is 0 Å². The van der Waals surface area contributed by atoms with E-state index in [-0.39, 0.29) is 25.0 Å². The number of aliphatic hydroxyl groups excluding tert-OH is 2. The molecule has 0 bridgehead atoms. The maximum absolute atomic E-state index is 9.27. The molecular formula is C10H14BrNO3. The zero-order valence-electron chi connectivity index (χ0n) is 8.15. The van der Waals surface area contributed by atoms with Crippen molar-refractivity contribution in [3.05, 3.63) is 28.2 Å². The molecule has 0 radical (unpaired) electrons. The first-order chi connectivity index (χ1) is 7.17. The van der Waals surface area contributed by atoms with Crippen LogP contribution in [0, 0.1) is 0 Å². The topological polar surface area (TPSA) is 72.7 Å². The summed E-state index contributed by atoms with van der Waals surface area (Å²) < 4.78 is 0.877. The summed E-state index contributed by atoms with van der Waals surface area (Å²) in [6.07, 6.45) is 0. The molecule has 15 heavy (non-hydrogen) atoms. The minimum Gasteiger partial charge on any atom is -0.508 e. The van der Waals surface area contributed by atoms with Crippen LogP contribution in [0.3, 0.4) is 0 Å². The second-order valence-electron chi connectivity index (χ2n) is 3.22. The van der Waals surface area contributed by atoms with Crippen LogP contribution in [0.1, 0.15) is 5.56 Å². The molecule has 1 aromatic carbocycles. The Morgan fingerprint density at radius 3 is 2.53 bits per heavy atom. The zero-order chi connectivity index (χ0) is 11.3. The third-order valence-corrected chi connectivity index (χ3v) is 2.82. The second-order valence-corrected chi connectivity index (χ2v) is 4.07.